The molecular weight excluding hydrogens is 226 g/mol. The lowest BCUT2D eigenvalue weighted by Crippen LogP contribution is -2.15. The molecule has 1 aromatic rings. The van der Waals surface area contributed by atoms with E-state index < -0.39 is 0 Å². The lowest BCUT2D eigenvalue weighted by Gasteiger charge is -2.15. The van der Waals surface area contributed by atoms with Crippen LogP contribution in [0.15, 0.2) is 30.9 Å². The van der Waals surface area contributed by atoms with Crippen LogP contribution >= 0.6 is 0 Å². The highest BCUT2D eigenvalue weighted by Crippen LogP contribution is 2.31. The average molecular weight is 249 g/mol. The Labute approximate surface area is 110 Å². The van der Waals surface area contributed by atoms with Crippen LogP contribution in [0.5, 0.6) is 11.5 Å². The number of hydrogen-bond acceptors (Lipinski definition) is 3. The van der Waals surface area contributed by atoms with E-state index in [2.05, 4.69) is 24.9 Å². The van der Waals surface area contributed by atoms with Gasteiger partial charge in [0.15, 0.2) is 11.5 Å². The van der Waals surface area contributed by atoms with Crippen LogP contribution in [-0.2, 0) is 6.54 Å². The molecule has 0 unspecified atom stereocenters. The van der Waals surface area contributed by atoms with Crippen LogP contribution in [0.2, 0.25) is 0 Å². The zero-order valence-electron chi connectivity index (χ0n) is 11.4. The molecule has 100 valence electrons. The van der Waals surface area contributed by atoms with Crippen LogP contribution in [0.3, 0.4) is 0 Å². The van der Waals surface area contributed by atoms with E-state index >= 15 is 0 Å². The fourth-order valence-corrected chi connectivity index (χ4v) is 1.68. The fraction of sp³-hybridized carbons (Fsp3) is 0.467. The number of ether oxygens (including phenoxy) is 2. The van der Waals surface area contributed by atoms with Gasteiger partial charge in [0, 0.05) is 12.1 Å². The second-order valence-corrected chi connectivity index (χ2v) is 3.95. The van der Waals surface area contributed by atoms with E-state index in [0.29, 0.717) is 13.2 Å². The van der Waals surface area contributed by atoms with Crippen LogP contribution in [0.4, 0.5) is 0 Å². The van der Waals surface area contributed by atoms with Crippen molar-refractivity contribution in [2.75, 3.05) is 19.8 Å². The van der Waals surface area contributed by atoms with Crippen molar-refractivity contribution in [3.8, 4) is 11.5 Å². The first kappa shape index (κ1) is 14.6. The van der Waals surface area contributed by atoms with Crippen molar-refractivity contribution in [3.05, 3.63) is 36.4 Å². The summed E-state index contributed by atoms with van der Waals surface area (Å²) in [5.74, 6) is 1.62. The molecular formula is C15H23NO2. The Morgan fingerprint density at radius 1 is 1.28 bits per heavy atom. The highest BCUT2D eigenvalue weighted by Gasteiger charge is 2.10. The SMILES string of the molecule is C=CCOc1c(CNCCC)cccc1OCC. The average Bonchev–Trinajstić information content (AvgIpc) is 2.38. The third-order valence-electron chi connectivity index (χ3n) is 2.45. The molecule has 0 bridgehead atoms. The predicted molar refractivity (Wildman–Crippen MR) is 75.3 cm³/mol. The van der Waals surface area contributed by atoms with E-state index in [-0.39, 0.29) is 0 Å². The summed E-state index contributed by atoms with van der Waals surface area (Å²) in [4.78, 5) is 0. The van der Waals surface area contributed by atoms with Crippen LogP contribution in [0.1, 0.15) is 25.8 Å². The molecule has 0 radical (unpaired) electrons. The van der Waals surface area contributed by atoms with E-state index in [9.17, 15) is 0 Å². The molecule has 0 amide bonds. The van der Waals surface area contributed by atoms with Crippen molar-refractivity contribution < 1.29 is 9.47 Å². The number of benzene rings is 1. The van der Waals surface area contributed by atoms with E-state index in [1.807, 2.05) is 19.1 Å². The van der Waals surface area contributed by atoms with Crippen LogP contribution in [0.25, 0.3) is 0 Å². The largest absolute Gasteiger partial charge is 0.490 e. The summed E-state index contributed by atoms with van der Waals surface area (Å²) in [6, 6.07) is 5.99. The summed E-state index contributed by atoms with van der Waals surface area (Å²) in [6.45, 7) is 10.7. The van der Waals surface area contributed by atoms with Crippen LogP contribution in [-0.4, -0.2) is 19.8 Å². The van der Waals surface area contributed by atoms with Crippen molar-refractivity contribution in [1.82, 2.24) is 5.32 Å². The molecule has 0 aliphatic rings. The van der Waals surface area contributed by atoms with Crippen LogP contribution in [0, 0.1) is 0 Å². The molecule has 0 aliphatic heterocycles. The van der Waals surface area contributed by atoms with Gasteiger partial charge in [0.2, 0.25) is 0 Å². The van der Waals surface area contributed by atoms with Gasteiger partial charge in [0.25, 0.3) is 0 Å². The normalized spacial score (nSPS) is 10.1. The molecule has 1 aromatic carbocycles. The summed E-state index contributed by atoms with van der Waals surface area (Å²) < 4.78 is 11.3. The molecule has 0 saturated carbocycles. The van der Waals surface area contributed by atoms with Gasteiger partial charge in [-0.2, -0.15) is 0 Å². The molecule has 1 rings (SSSR count). The first-order chi connectivity index (χ1) is 8.83. The van der Waals surface area contributed by atoms with Gasteiger partial charge in [-0.1, -0.05) is 31.7 Å². The monoisotopic (exact) mass is 249 g/mol. The summed E-state index contributed by atoms with van der Waals surface area (Å²) in [6.07, 6.45) is 2.86. The minimum Gasteiger partial charge on any atom is -0.490 e. The van der Waals surface area contributed by atoms with Gasteiger partial charge in [-0.05, 0) is 26.0 Å². The fourth-order valence-electron chi connectivity index (χ4n) is 1.68. The van der Waals surface area contributed by atoms with Gasteiger partial charge in [-0.3, -0.25) is 0 Å². The second kappa shape index (κ2) is 8.59. The molecule has 18 heavy (non-hydrogen) atoms. The van der Waals surface area contributed by atoms with Gasteiger partial charge in [0.1, 0.15) is 6.61 Å². The first-order valence-corrected chi connectivity index (χ1v) is 6.52. The minimum absolute atomic E-state index is 0.491. The quantitative estimate of drug-likeness (QED) is 0.538. The summed E-state index contributed by atoms with van der Waals surface area (Å²) in [5.41, 5.74) is 1.12. The Balaban J connectivity index is 2.83. The molecule has 1 N–H and O–H groups in total. The molecule has 0 aromatic heterocycles. The molecule has 0 heterocycles. The highest BCUT2D eigenvalue weighted by molar-refractivity contribution is 5.46. The molecule has 3 heteroatoms. The van der Waals surface area contributed by atoms with E-state index in [4.69, 9.17) is 9.47 Å². The summed E-state index contributed by atoms with van der Waals surface area (Å²) >= 11 is 0. The van der Waals surface area contributed by atoms with Crippen molar-refractivity contribution in [2.45, 2.75) is 26.8 Å². The smallest absolute Gasteiger partial charge is 0.166 e. The third-order valence-corrected chi connectivity index (χ3v) is 2.45. The van der Waals surface area contributed by atoms with E-state index in [0.717, 1.165) is 36.6 Å². The Kier molecular flexibility index (Phi) is 6.96. The predicted octanol–water partition coefficient (Wildman–Crippen LogP) is 3.15. The maximum absolute atomic E-state index is 5.72. The number of para-hydroxylation sites is 1. The number of rotatable bonds is 9. The maximum atomic E-state index is 5.72. The molecule has 0 atom stereocenters. The number of nitrogens with one attached hydrogen (secondary N) is 1. The van der Waals surface area contributed by atoms with E-state index in [1.54, 1.807) is 6.08 Å². The molecule has 0 spiro atoms. The van der Waals surface area contributed by atoms with Crippen molar-refractivity contribution >= 4 is 0 Å². The van der Waals surface area contributed by atoms with Crippen molar-refractivity contribution in [1.29, 1.82) is 0 Å². The lowest BCUT2D eigenvalue weighted by atomic mass is 10.2. The third kappa shape index (κ3) is 4.41. The Hall–Kier alpha value is -1.48. The molecule has 0 saturated heterocycles. The standard InChI is InChI=1S/C15H23NO2/c1-4-10-16-12-13-8-7-9-14(17-6-3)15(13)18-11-5-2/h5,7-9,16H,2,4,6,10-12H2,1,3H3. The van der Waals surface area contributed by atoms with E-state index in [1.165, 1.54) is 0 Å². The van der Waals surface area contributed by atoms with Crippen molar-refractivity contribution in [2.24, 2.45) is 0 Å². The lowest BCUT2D eigenvalue weighted by molar-refractivity contribution is 0.294. The zero-order chi connectivity index (χ0) is 13.2. The molecule has 3 nitrogen and oxygen atoms in total. The van der Waals surface area contributed by atoms with Crippen LogP contribution < -0.4 is 14.8 Å². The Morgan fingerprint density at radius 3 is 2.78 bits per heavy atom. The van der Waals surface area contributed by atoms with Crippen molar-refractivity contribution in [3.63, 3.8) is 0 Å². The first-order valence-electron chi connectivity index (χ1n) is 6.52. The molecule has 0 aliphatic carbocycles. The summed E-state index contributed by atoms with van der Waals surface area (Å²) in [7, 11) is 0. The Bertz CT molecular complexity index is 364. The second-order valence-electron chi connectivity index (χ2n) is 3.95. The highest BCUT2D eigenvalue weighted by atomic mass is 16.5. The topological polar surface area (TPSA) is 30.5 Å². The summed E-state index contributed by atoms with van der Waals surface area (Å²) in [5, 5.41) is 3.38. The zero-order valence-corrected chi connectivity index (χ0v) is 11.4. The minimum atomic E-state index is 0.491. The molecule has 0 fully saturated rings. The van der Waals surface area contributed by atoms with Gasteiger partial charge in [-0.25, -0.2) is 0 Å². The number of hydrogen-bond donors (Lipinski definition) is 1. The van der Waals surface area contributed by atoms with Gasteiger partial charge in [-0.15, -0.1) is 0 Å². The van der Waals surface area contributed by atoms with Gasteiger partial charge in [0.05, 0.1) is 6.61 Å². The maximum Gasteiger partial charge on any atom is 0.166 e. The van der Waals surface area contributed by atoms with Gasteiger partial charge >= 0.3 is 0 Å². The Morgan fingerprint density at radius 2 is 2.11 bits per heavy atom. The van der Waals surface area contributed by atoms with Gasteiger partial charge < -0.3 is 14.8 Å².